The van der Waals surface area contributed by atoms with Gasteiger partial charge in [-0.1, -0.05) is 0 Å². The van der Waals surface area contributed by atoms with Crippen molar-refractivity contribution >= 4 is 0 Å². The Balaban J connectivity index is 2.07. The lowest BCUT2D eigenvalue weighted by Crippen LogP contribution is -2.45. The van der Waals surface area contributed by atoms with Gasteiger partial charge in [-0.25, -0.2) is 0 Å². The predicted octanol–water partition coefficient (Wildman–Crippen LogP) is 0.261. The Kier molecular flexibility index (Phi) is 2.85. The Morgan fingerprint density at radius 3 is 2.50 bits per heavy atom. The van der Waals surface area contributed by atoms with E-state index >= 15 is 0 Å². The number of hydrogen-bond donors (Lipinski definition) is 0. The average Bonchev–Trinajstić information content (AvgIpc) is 2.87. The van der Waals surface area contributed by atoms with E-state index in [-0.39, 0.29) is 0 Å². The van der Waals surface area contributed by atoms with Crippen molar-refractivity contribution < 1.29 is 23.7 Å². The van der Waals surface area contributed by atoms with Crippen molar-refractivity contribution in [3.63, 3.8) is 0 Å². The molecule has 0 spiro atoms. The lowest BCUT2D eigenvalue weighted by atomic mass is 10.2. The van der Waals surface area contributed by atoms with E-state index in [1.54, 1.807) is 26.4 Å². The van der Waals surface area contributed by atoms with Crippen LogP contribution < -0.4 is 0 Å². The summed E-state index contributed by atoms with van der Waals surface area (Å²) in [6, 6.07) is 0. The number of hydrogen-bond acceptors (Lipinski definition) is 5. The van der Waals surface area contributed by atoms with E-state index in [1.807, 2.05) is 0 Å². The van der Waals surface area contributed by atoms with Crippen LogP contribution in [0.15, 0.2) is 12.2 Å². The van der Waals surface area contributed by atoms with Crippen molar-refractivity contribution in [3.05, 3.63) is 12.2 Å². The Morgan fingerprint density at radius 2 is 2.00 bits per heavy atom. The van der Waals surface area contributed by atoms with Crippen LogP contribution in [0, 0.1) is 0 Å². The molecule has 5 heteroatoms. The third-order valence-electron chi connectivity index (χ3n) is 2.29. The summed E-state index contributed by atoms with van der Waals surface area (Å²) in [6.07, 6.45) is 2.62. The maximum absolute atomic E-state index is 5.53. The Bertz CT molecular complexity index is 223. The van der Waals surface area contributed by atoms with Crippen LogP contribution in [0.1, 0.15) is 0 Å². The highest BCUT2D eigenvalue weighted by molar-refractivity contribution is 5.07. The summed E-state index contributed by atoms with van der Waals surface area (Å²) < 4.78 is 26.5. The molecular weight excluding hydrogens is 188 g/mol. The van der Waals surface area contributed by atoms with Gasteiger partial charge >= 0.3 is 0 Å². The van der Waals surface area contributed by atoms with Crippen molar-refractivity contribution in [1.29, 1.82) is 0 Å². The molecule has 0 unspecified atom stereocenters. The first-order chi connectivity index (χ1) is 6.80. The van der Waals surface area contributed by atoms with Crippen LogP contribution in [0.4, 0.5) is 0 Å². The molecule has 0 aromatic carbocycles. The van der Waals surface area contributed by atoms with Crippen molar-refractivity contribution in [2.75, 3.05) is 27.4 Å². The molecule has 80 valence electrons. The zero-order chi connectivity index (χ0) is 10.0. The van der Waals surface area contributed by atoms with Crippen LogP contribution >= 0.6 is 0 Å². The van der Waals surface area contributed by atoms with Crippen LogP contribution in [-0.2, 0) is 23.7 Å². The first-order valence-electron chi connectivity index (χ1n) is 4.49. The van der Waals surface area contributed by atoms with E-state index < -0.39 is 18.4 Å². The molecule has 1 saturated heterocycles. The van der Waals surface area contributed by atoms with E-state index in [0.717, 1.165) is 0 Å². The van der Waals surface area contributed by atoms with Crippen molar-refractivity contribution in [2.45, 2.75) is 18.4 Å². The normalized spacial score (nSPS) is 38.3. The smallest absolute Gasteiger partial charge is 0.243 e. The molecule has 2 aliphatic rings. The van der Waals surface area contributed by atoms with E-state index in [9.17, 15) is 0 Å². The topological polar surface area (TPSA) is 46.2 Å². The summed E-state index contributed by atoms with van der Waals surface area (Å²) in [5.41, 5.74) is 0. The summed E-state index contributed by atoms with van der Waals surface area (Å²) in [4.78, 5) is 0. The second-order valence-corrected chi connectivity index (χ2v) is 3.08. The Hall–Kier alpha value is -0.460. The second-order valence-electron chi connectivity index (χ2n) is 3.08. The van der Waals surface area contributed by atoms with Gasteiger partial charge in [-0.3, -0.25) is 0 Å². The third kappa shape index (κ3) is 1.57. The summed E-state index contributed by atoms with van der Waals surface area (Å²) in [5.74, 6) is -0.961. The molecule has 0 radical (unpaired) electrons. The molecule has 2 rings (SSSR count). The van der Waals surface area contributed by atoms with Crippen LogP contribution in [-0.4, -0.2) is 45.8 Å². The molecule has 0 amide bonds. The summed E-state index contributed by atoms with van der Waals surface area (Å²) in [6.45, 7) is 1.12. The molecule has 0 aromatic heterocycles. The van der Waals surface area contributed by atoms with Crippen LogP contribution in [0.3, 0.4) is 0 Å². The molecule has 2 aliphatic heterocycles. The molecule has 14 heavy (non-hydrogen) atoms. The third-order valence-corrected chi connectivity index (χ3v) is 2.29. The highest BCUT2D eigenvalue weighted by Crippen LogP contribution is 2.32. The van der Waals surface area contributed by atoms with Gasteiger partial charge < -0.3 is 23.7 Å². The Labute approximate surface area is 82.5 Å². The highest BCUT2D eigenvalue weighted by Gasteiger charge is 2.47. The van der Waals surface area contributed by atoms with Gasteiger partial charge in [-0.15, -0.1) is 0 Å². The van der Waals surface area contributed by atoms with Gasteiger partial charge in [0.05, 0.1) is 13.2 Å². The van der Waals surface area contributed by atoms with Crippen LogP contribution in [0.2, 0.25) is 0 Å². The molecule has 5 nitrogen and oxygen atoms in total. The first-order valence-corrected chi connectivity index (χ1v) is 4.49. The largest absolute Gasteiger partial charge is 0.352 e. The molecule has 1 fully saturated rings. The maximum atomic E-state index is 5.53. The van der Waals surface area contributed by atoms with Gasteiger partial charge in [0.15, 0.2) is 6.29 Å². The van der Waals surface area contributed by atoms with Gasteiger partial charge in [-0.2, -0.15) is 0 Å². The molecule has 0 bridgehead atoms. The molecule has 0 aliphatic carbocycles. The predicted molar refractivity (Wildman–Crippen MR) is 46.5 cm³/mol. The zero-order valence-electron chi connectivity index (χ0n) is 8.26. The van der Waals surface area contributed by atoms with E-state index in [2.05, 4.69) is 0 Å². The van der Waals surface area contributed by atoms with Gasteiger partial charge in [0.2, 0.25) is 12.1 Å². The van der Waals surface area contributed by atoms with Crippen molar-refractivity contribution in [1.82, 2.24) is 0 Å². The zero-order valence-corrected chi connectivity index (χ0v) is 8.26. The lowest BCUT2D eigenvalue weighted by molar-refractivity contribution is -0.318. The van der Waals surface area contributed by atoms with Crippen LogP contribution in [0.5, 0.6) is 0 Å². The molecule has 0 N–H and O–H groups in total. The molecule has 2 heterocycles. The number of rotatable bonds is 3. The van der Waals surface area contributed by atoms with Gasteiger partial charge in [0.25, 0.3) is 0 Å². The summed E-state index contributed by atoms with van der Waals surface area (Å²) in [5, 5.41) is 0. The molecular formula is C9H14O5. The van der Waals surface area contributed by atoms with Gasteiger partial charge in [0.1, 0.15) is 0 Å². The highest BCUT2D eigenvalue weighted by atomic mass is 16.8. The average molecular weight is 202 g/mol. The summed E-state index contributed by atoms with van der Waals surface area (Å²) in [7, 11) is 3.12. The molecule has 2 atom stereocenters. The van der Waals surface area contributed by atoms with E-state index in [4.69, 9.17) is 23.7 Å². The minimum Gasteiger partial charge on any atom is -0.352 e. The van der Waals surface area contributed by atoms with Crippen molar-refractivity contribution in [3.8, 4) is 0 Å². The quantitative estimate of drug-likeness (QED) is 0.614. The minimum atomic E-state index is -0.961. The minimum absolute atomic E-state index is 0.400. The maximum Gasteiger partial charge on any atom is 0.243 e. The molecule has 0 aromatic rings. The fraction of sp³-hybridized carbons (Fsp3) is 0.778. The molecule has 0 saturated carbocycles. The second kappa shape index (κ2) is 3.96. The standard InChI is InChI=1S/C9H14O5/c1-10-7-3-4-9(11-2,14-7)8-12-5-6-13-8/h3-4,7-8H,5-6H2,1-2H3/t7-,9-/m1/s1. The fourth-order valence-electron chi connectivity index (χ4n) is 1.54. The van der Waals surface area contributed by atoms with Gasteiger partial charge in [0, 0.05) is 14.2 Å². The monoisotopic (exact) mass is 202 g/mol. The van der Waals surface area contributed by atoms with E-state index in [1.165, 1.54) is 0 Å². The number of methoxy groups -OCH3 is 2. The lowest BCUT2D eigenvalue weighted by Gasteiger charge is -2.30. The Morgan fingerprint density at radius 1 is 1.29 bits per heavy atom. The number of ether oxygens (including phenoxy) is 5. The van der Waals surface area contributed by atoms with Crippen LogP contribution in [0.25, 0.3) is 0 Å². The summed E-state index contributed by atoms with van der Waals surface area (Å²) >= 11 is 0. The fourth-order valence-corrected chi connectivity index (χ4v) is 1.54. The van der Waals surface area contributed by atoms with Gasteiger partial charge in [-0.05, 0) is 12.2 Å². The van der Waals surface area contributed by atoms with Crippen molar-refractivity contribution in [2.24, 2.45) is 0 Å². The first kappa shape index (κ1) is 10.1. The van der Waals surface area contributed by atoms with E-state index in [0.29, 0.717) is 13.2 Å². The SMILES string of the molecule is CO[C@H]1C=C[C@](OC)(C2OCCO2)O1.